The van der Waals surface area contributed by atoms with Gasteiger partial charge in [0.1, 0.15) is 5.75 Å². The van der Waals surface area contributed by atoms with Crippen molar-refractivity contribution in [2.24, 2.45) is 5.92 Å². The summed E-state index contributed by atoms with van der Waals surface area (Å²) >= 11 is 0. The summed E-state index contributed by atoms with van der Waals surface area (Å²) in [6.07, 6.45) is 1.98. The molecule has 4 nitrogen and oxygen atoms in total. The minimum atomic E-state index is 0.569. The van der Waals surface area contributed by atoms with Crippen LogP contribution >= 0.6 is 0 Å². The van der Waals surface area contributed by atoms with E-state index in [1.165, 1.54) is 0 Å². The third kappa shape index (κ3) is 4.90. The maximum atomic E-state index is 8.68. The minimum Gasteiger partial charge on any atom is -0.494 e. The minimum absolute atomic E-state index is 0.569. The first-order valence-corrected chi connectivity index (χ1v) is 6.67. The summed E-state index contributed by atoms with van der Waals surface area (Å²) in [5.41, 5.74) is 0.648. The number of ether oxygens (including phenoxy) is 3. The van der Waals surface area contributed by atoms with Gasteiger partial charge in [-0.05, 0) is 30.7 Å². The Morgan fingerprint density at radius 3 is 2.79 bits per heavy atom. The number of nitrogens with zero attached hydrogens (tertiary/aromatic N) is 1. The molecule has 1 aliphatic heterocycles. The zero-order valence-electron chi connectivity index (χ0n) is 11.0. The molecule has 2 rings (SSSR count). The number of hydrogen-bond acceptors (Lipinski definition) is 4. The Kier molecular flexibility index (Phi) is 5.67. The Morgan fingerprint density at radius 2 is 2.11 bits per heavy atom. The Hall–Kier alpha value is -1.57. The van der Waals surface area contributed by atoms with E-state index in [1.54, 1.807) is 12.1 Å². The maximum Gasteiger partial charge on any atom is 0.119 e. The number of hydrogen-bond donors (Lipinski definition) is 0. The first kappa shape index (κ1) is 13.9. The predicted molar refractivity (Wildman–Crippen MR) is 71.0 cm³/mol. The molecule has 1 atom stereocenters. The largest absolute Gasteiger partial charge is 0.494 e. The monoisotopic (exact) mass is 261 g/mol. The van der Waals surface area contributed by atoms with Crippen LogP contribution in [-0.2, 0) is 9.47 Å². The van der Waals surface area contributed by atoms with Crippen LogP contribution in [0.1, 0.15) is 18.4 Å². The van der Waals surface area contributed by atoms with Crippen molar-refractivity contribution >= 4 is 0 Å². The van der Waals surface area contributed by atoms with E-state index in [4.69, 9.17) is 19.5 Å². The van der Waals surface area contributed by atoms with Gasteiger partial charge in [-0.15, -0.1) is 0 Å². The molecule has 0 amide bonds. The Bertz CT molecular complexity index is 404. The van der Waals surface area contributed by atoms with E-state index >= 15 is 0 Å². The molecule has 0 N–H and O–H groups in total. The zero-order valence-corrected chi connectivity index (χ0v) is 11.0. The van der Waals surface area contributed by atoms with Crippen molar-refractivity contribution in [2.45, 2.75) is 12.8 Å². The lowest BCUT2D eigenvalue weighted by atomic mass is 10.1. The fourth-order valence-electron chi connectivity index (χ4n) is 1.94. The van der Waals surface area contributed by atoms with Crippen LogP contribution < -0.4 is 4.74 Å². The summed E-state index contributed by atoms with van der Waals surface area (Å²) in [5, 5.41) is 8.68. The van der Waals surface area contributed by atoms with Crippen molar-refractivity contribution in [3.63, 3.8) is 0 Å². The first-order chi connectivity index (χ1) is 9.38. The van der Waals surface area contributed by atoms with Gasteiger partial charge in [-0.3, -0.25) is 0 Å². The second-order valence-corrected chi connectivity index (χ2v) is 4.64. The molecule has 19 heavy (non-hydrogen) atoms. The van der Waals surface area contributed by atoms with Crippen molar-refractivity contribution in [3.05, 3.63) is 29.8 Å². The molecule has 0 spiro atoms. The molecular formula is C15H19NO3. The summed E-state index contributed by atoms with van der Waals surface area (Å²) in [6.45, 7) is 3.84. The van der Waals surface area contributed by atoms with Crippen LogP contribution in [0.25, 0.3) is 0 Å². The van der Waals surface area contributed by atoms with E-state index in [0.717, 1.165) is 38.4 Å². The molecule has 1 aromatic carbocycles. The van der Waals surface area contributed by atoms with E-state index in [1.807, 2.05) is 12.1 Å². The summed E-state index contributed by atoms with van der Waals surface area (Å²) in [7, 11) is 0. The molecule has 0 bridgehead atoms. The summed E-state index contributed by atoms with van der Waals surface area (Å²) in [6, 6.07) is 9.22. The van der Waals surface area contributed by atoms with E-state index < -0.39 is 0 Å². The van der Waals surface area contributed by atoms with Gasteiger partial charge < -0.3 is 14.2 Å². The average molecular weight is 261 g/mol. The number of nitriles is 1. The Morgan fingerprint density at radius 1 is 1.26 bits per heavy atom. The summed E-state index contributed by atoms with van der Waals surface area (Å²) in [4.78, 5) is 0. The molecule has 102 valence electrons. The van der Waals surface area contributed by atoms with Gasteiger partial charge in [-0.1, -0.05) is 0 Å². The van der Waals surface area contributed by atoms with Crippen molar-refractivity contribution in [1.82, 2.24) is 0 Å². The summed E-state index contributed by atoms with van der Waals surface area (Å²) < 4.78 is 16.4. The average Bonchev–Trinajstić information content (AvgIpc) is 2.96. The van der Waals surface area contributed by atoms with Gasteiger partial charge in [-0.2, -0.15) is 5.26 Å². The molecule has 1 fully saturated rings. The van der Waals surface area contributed by atoms with Crippen molar-refractivity contribution in [1.29, 1.82) is 5.26 Å². The second kappa shape index (κ2) is 7.78. The quantitative estimate of drug-likeness (QED) is 0.707. The smallest absolute Gasteiger partial charge is 0.119 e. The molecule has 1 aromatic rings. The topological polar surface area (TPSA) is 51.5 Å². The lowest BCUT2D eigenvalue weighted by Crippen LogP contribution is -2.11. The van der Waals surface area contributed by atoms with Gasteiger partial charge in [0.2, 0.25) is 0 Å². The van der Waals surface area contributed by atoms with Crippen LogP contribution in [0.3, 0.4) is 0 Å². The number of rotatable bonds is 7. The summed E-state index contributed by atoms with van der Waals surface area (Å²) in [5.74, 6) is 1.36. The highest BCUT2D eigenvalue weighted by molar-refractivity contribution is 5.34. The van der Waals surface area contributed by atoms with Gasteiger partial charge in [-0.25, -0.2) is 0 Å². The molecule has 1 heterocycles. The second-order valence-electron chi connectivity index (χ2n) is 4.64. The molecule has 1 saturated heterocycles. The lowest BCUT2D eigenvalue weighted by Gasteiger charge is -2.09. The van der Waals surface area contributed by atoms with Gasteiger partial charge in [0.05, 0.1) is 31.5 Å². The molecule has 0 aromatic heterocycles. The molecule has 0 saturated carbocycles. The predicted octanol–water partition coefficient (Wildman–Crippen LogP) is 2.38. The van der Waals surface area contributed by atoms with Crippen LogP contribution in [-0.4, -0.2) is 33.0 Å². The van der Waals surface area contributed by atoms with Gasteiger partial charge in [0.15, 0.2) is 0 Å². The normalized spacial score (nSPS) is 18.2. The fraction of sp³-hybridized carbons (Fsp3) is 0.533. The molecule has 4 heteroatoms. The van der Waals surface area contributed by atoms with Crippen LogP contribution in [0.4, 0.5) is 0 Å². The third-order valence-corrected chi connectivity index (χ3v) is 3.06. The maximum absolute atomic E-state index is 8.68. The number of benzene rings is 1. The molecular weight excluding hydrogens is 242 g/mol. The van der Waals surface area contributed by atoms with E-state index in [0.29, 0.717) is 24.7 Å². The third-order valence-electron chi connectivity index (χ3n) is 3.06. The highest BCUT2D eigenvalue weighted by Gasteiger charge is 2.15. The van der Waals surface area contributed by atoms with Crippen molar-refractivity contribution < 1.29 is 14.2 Å². The Labute approximate surface area is 113 Å². The standard InChI is InChI=1S/C15H19NO3/c16-10-13-2-4-15(5-3-13)19-8-1-7-17-11-14-6-9-18-12-14/h2-5,14H,1,6-9,11-12H2. The highest BCUT2D eigenvalue weighted by Crippen LogP contribution is 2.13. The van der Waals surface area contributed by atoms with Gasteiger partial charge in [0, 0.05) is 25.6 Å². The fourth-order valence-corrected chi connectivity index (χ4v) is 1.94. The van der Waals surface area contributed by atoms with Crippen LogP contribution in [0, 0.1) is 17.2 Å². The van der Waals surface area contributed by atoms with E-state index in [9.17, 15) is 0 Å². The van der Waals surface area contributed by atoms with Crippen LogP contribution in [0.2, 0.25) is 0 Å². The van der Waals surface area contributed by atoms with Crippen LogP contribution in [0.5, 0.6) is 5.75 Å². The van der Waals surface area contributed by atoms with Gasteiger partial charge in [0.25, 0.3) is 0 Å². The molecule has 1 aliphatic rings. The molecule has 1 unspecified atom stereocenters. The molecule has 0 aliphatic carbocycles. The Balaban J connectivity index is 1.52. The van der Waals surface area contributed by atoms with Crippen LogP contribution in [0.15, 0.2) is 24.3 Å². The zero-order chi connectivity index (χ0) is 13.3. The lowest BCUT2D eigenvalue weighted by molar-refractivity contribution is 0.0814. The first-order valence-electron chi connectivity index (χ1n) is 6.67. The molecule has 0 radical (unpaired) electrons. The van der Waals surface area contributed by atoms with Crippen molar-refractivity contribution in [2.75, 3.05) is 33.0 Å². The highest BCUT2D eigenvalue weighted by atomic mass is 16.5. The van der Waals surface area contributed by atoms with Gasteiger partial charge >= 0.3 is 0 Å². The van der Waals surface area contributed by atoms with E-state index in [2.05, 4.69) is 6.07 Å². The van der Waals surface area contributed by atoms with Crippen molar-refractivity contribution in [3.8, 4) is 11.8 Å². The SMILES string of the molecule is N#Cc1ccc(OCCCOCC2CCOC2)cc1. The van der Waals surface area contributed by atoms with E-state index in [-0.39, 0.29) is 0 Å².